The first kappa shape index (κ1) is 16.4. The fourth-order valence-electron chi connectivity index (χ4n) is 3.96. The van der Waals surface area contributed by atoms with E-state index in [4.69, 9.17) is 9.47 Å². The molecule has 24 heavy (non-hydrogen) atoms. The minimum atomic E-state index is -0.642. The second-order valence-corrected chi connectivity index (χ2v) is 6.80. The number of ketones is 1. The maximum absolute atomic E-state index is 12.3. The van der Waals surface area contributed by atoms with E-state index in [1.54, 1.807) is 13.0 Å². The molecule has 5 nitrogen and oxygen atoms in total. The monoisotopic (exact) mass is 328 g/mol. The zero-order valence-electron chi connectivity index (χ0n) is 13.8. The molecule has 0 unspecified atom stereocenters. The van der Waals surface area contributed by atoms with Gasteiger partial charge in [-0.2, -0.15) is 0 Å². The van der Waals surface area contributed by atoms with E-state index in [1.807, 2.05) is 6.92 Å². The zero-order chi connectivity index (χ0) is 17.8. The lowest BCUT2D eigenvalue weighted by Crippen LogP contribution is -2.36. The van der Waals surface area contributed by atoms with Crippen LogP contribution < -0.4 is 0 Å². The summed E-state index contributed by atoms with van der Waals surface area (Å²) in [6.45, 7) is 14.9. The van der Waals surface area contributed by atoms with Crippen molar-refractivity contribution in [3.05, 3.63) is 48.1 Å². The van der Waals surface area contributed by atoms with Gasteiger partial charge in [-0.15, -0.1) is 0 Å². The number of hydrogen-bond acceptors (Lipinski definition) is 5. The summed E-state index contributed by atoms with van der Waals surface area (Å²) in [5, 5.41) is 0. The molecule has 0 amide bonds. The van der Waals surface area contributed by atoms with Gasteiger partial charge in [0.2, 0.25) is 0 Å². The molecule has 5 heteroatoms. The highest BCUT2D eigenvalue weighted by Crippen LogP contribution is 2.49. The van der Waals surface area contributed by atoms with Crippen LogP contribution >= 0.6 is 0 Å². The summed E-state index contributed by atoms with van der Waals surface area (Å²) in [4.78, 5) is 36.4. The van der Waals surface area contributed by atoms with Crippen LogP contribution in [0.5, 0.6) is 0 Å². The third kappa shape index (κ3) is 2.35. The third-order valence-electron chi connectivity index (χ3n) is 5.09. The summed E-state index contributed by atoms with van der Waals surface area (Å²) >= 11 is 0. The highest BCUT2D eigenvalue weighted by molar-refractivity contribution is 5.98. The first-order chi connectivity index (χ1) is 11.2. The number of ether oxygens (including phenoxy) is 2. The van der Waals surface area contributed by atoms with Crippen molar-refractivity contribution in [1.29, 1.82) is 0 Å². The number of allylic oxidation sites excluding steroid dienone is 1. The number of carbonyl (C=O) groups is 3. The highest BCUT2D eigenvalue weighted by Gasteiger charge is 2.56. The molecule has 3 rings (SSSR count). The van der Waals surface area contributed by atoms with E-state index in [9.17, 15) is 14.4 Å². The predicted molar refractivity (Wildman–Crippen MR) is 86.7 cm³/mol. The van der Waals surface area contributed by atoms with Crippen LogP contribution in [-0.2, 0) is 23.9 Å². The molecule has 0 aromatic rings. The van der Waals surface area contributed by atoms with Crippen molar-refractivity contribution in [3.8, 4) is 0 Å². The summed E-state index contributed by atoms with van der Waals surface area (Å²) in [6.07, 6.45) is 0.674. The SMILES string of the molecule is C=C(C)C(=O)O[C@@H]1CC(=C)[C@@H]2C(=O)C=C(C)[C@@H]2[C@H]2OC(=O)C(=C)[C@@H]21. The van der Waals surface area contributed by atoms with Crippen molar-refractivity contribution < 1.29 is 23.9 Å². The van der Waals surface area contributed by atoms with Crippen LogP contribution in [-0.4, -0.2) is 29.9 Å². The van der Waals surface area contributed by atoms with Crippen LogP contribution in [0.25, 0.3) is 0 Å². The molecule has 0 N–H and O–H groups in total. The van der Waals surface area contributed by atoms with Gasteiger partial charge in [-0.3, -0.25) is 4.79 Å². The fraction of sp³-hybridized carbons (Fsp3) is 0.421. The van der Waals surface area contributed by atoms with Crippen LogP contribution in [0.4, 0.5) is 0 Å². The Kier molecular flexibility index (Phi) is 3.82. The van der Waals surface area contributed by atoms with Gasteiger partial charge in [0.25, 0.3) is 0 Å². The Labute approximate surface area is 140 Å². The summed E-state index contributed by atoms with van der Waals surface area (Å²) in [6, 6.07) is 0. The minimum absolute atomic E-state index is 0.0401. The molecule has 3 aliphatic rings. The molecule has 2 fully saturated rings. The Balaban J connectivity index is 2.03. The van der Waals surface area contributed by atoms with Crippen LogP contribution in [0, 0.1) is 17.8 Å². The van der Waals surface area contributed by atoms with Gasteiger partial charge < -0.3 is 9.47 Å². The van der Waals surface area contributed by atoms with E-state index in [-0.39, 0.29) is 22.8 Å². The average Bonchev–Trinajstić information content (AvgIpc) is 2.89. The molecule has 2 aliphatic carbocycles. The molecule has 1 aliphatic heterocycles. The maximum Gasteiger partial charge on any atom is 0.334 e. The smallest absolute Gasteiger partial charge is 0.334 e. The summed E-state index contributed by atoms with van der Waals surface area (Å²) in [5.41, 5.74) is 2.09. The van der Waals surface area contributed by atoms with Gasteiger partial charge in [-0.05, 0) is 19.9 Å². The molecule has 0 spiro atoms. The summed E-state index contributed by atoms with van der Waals surface area (Å²) in [7, 11) is 0. The lowest BCUT2D eigenvalue weighted by atomic mass is 9.80. The van der Waals surface area contributed by atoms with Gasteiger partial charge in [0.1, 0.15) is 12.2 Å². The van der Waals surface area contributed by atoms with E-state index >= 15 is 0 Å². The second kappa shape index (κ2) is 5.58. The van der Waals surface area contributed by atoms with Gasteiger partial charge in [-0.1, -0.05) is 30.9 Å². The Morgan fingerprint density at radius 3 is 2.58 bits per heavy atom. The maximum atomic E-state index is 12.3. The number of hydrogen-bond donors (Lipinski definition) is 0. The van der Waals surface area contributed by atoms with E-state index < -0.39 is 36.0 Å². The third-order valence-corrected chi connectivity index (χ3v) is 5.09. The zero-order valence-corrected chi connectivity index (χ0v) is 13.8. The van der Waals surface area contributed by atoms with Crippen molar-refractivity contribution in [1.82, 2.24) is 0 Å². The molecule has 0 radical (unpaired) electrons. The van der Waals surface area contributed by atoms with Crippen molar-refractivity contribution in [2.24, 2.45) is 17.8 Å². The second-order valence-electron chi connectivity index (χ2n) is 6.80. The van der Waals surface area contributed by atoms with E-state index in [1.165, 1.54) is 0 Å². The van der Waals surface area contributed by atoms with Crippen LogP contribution in [0.2, 0.25) is 0 Å². The molecule has 0 aromatic carbocycles. The quantitative estimate of drug-likeness (QED) is 0.442. The Bertz CT molecular complexity index is 726. The Hall–Kier alpha value is -2.43. The van der Waals surface area contributed by atoms with Crippen molar-refractivity contribution in [3.63, 3.8) is 0 Å². The molecular formula is C19H20O5. The number of esters is 2. The lowest BCUT2D eigenvalue weighted by Gasteiger charge is -2.28. The first-order valence-electron chi connectivity index (χ1n) is 7.88. The van der Waals surface area contributed by atoms with Gasteiger partial charge in [0, 0.05) is 23.5 Å². The molecular weight excluding hydrogens is 308 g/mol. The molecule has 126 valence electrons. The topological polar surface area (TPSA) is 69.7 Å². The van der Waals surface area contributed by atoms with Crippen LogP contribution in [0.1, 0.15) is 20.3 Å². The standard InChI is InChI=1S/C19H20O5/c1-8(2)18(21)23-13-7-10(4)14-12(20)6-9(3)15(14)17-16(13)11(5)19(22)24-17/h6,13-17H,1,4-5,7H2,2-3H3/t13-,14-,15+,16-,17-/m1/s1. The van der Waals surface area contributed by atoms with Gasteiger partial charge in [0.15, 0.2) is 5.78 Å². The normalized spacial score (nSPS) is 34.9. The summed E-state index contributed by atoms with van der Waals surface area (Å²) in [5.74, 6) is -2.27. The average molecular weight is 328 g/mol. The number of fused-ring (bicyclic) bond motifs is 3. The van der Waals surface area contributed by atoms with Gasteiger partial charge in [0.05, 0.1) is 11.8 Å². The molecule has 1 saturated carbocycles. The van der Waals surface area contributed by atoms with Gasteiger partial charge >= 0.3 is 11.9 Å². The van der Waals surface area contributed by atoms with Crippen molar-refractivity contribution in [2.45, 2.75) is 32.5 Å². The van der Waals surface area contributed by atoms with Crippen molar-refractivity contribution >= 4 is 17.7 Å². The molecule has 1 saturated heterocycles. The summed E-state index contributed by atoms with van der Waals surface area (Å²) < 4.78 is 11.1. The van der Waals surface area contributed by atoms with Crippen LogP contribution in [0.3, 0.4) is 0 Å². The molecule has 0 aromatic heterocycles. The number of carbonyl (C=O) groups excluding carboxylic acids is 3. The van der Waals surface area contributed by atoms with Crippen molar-refractivity contribution in [2.75, 3.05) is 0 Å². The fourth-order valence-corrected chi connectivity index (χ4v) is 3.96. The van der Waals surface area contributed by atoms with E-state index in [0.29, 0.717) is 12.0 Å². The highest BCUT2D eigenvalue weighted by atomic mass is 16.6. The minimum Gasteiger partial charge on any atom is -0.458 e. The first-order valence-corrected chi connectivity index (χ1v) is 7.88. The van der Waals surface area contributed by atoms with E-state index in [2.05, 4.69) is 19.7 Å². The van der Waals surface area contributed by atoms with Gasteiger partial charge in [-0.25, -0.2) is 9.59 Å². The predicted octanol–water partition coefficient (Wildman–Crippen LogP) is 2.29. The Morgan fingerprint density at radius 2 is 1.96 bits per heavy atom. The lowest BCUT2D eigenvalue weighted by molar-refractivity contribution is -0.148. The number of rotatable bonds is 2. The Morgan fingerprint density at radius 1 is 1.29 bits per heavy atom. The largest absolute Gasteiger partial charge is 0.458 e. The molecule has 0 bridgehead atoms. The molecule has 5 atom stereocenters. The van der Waals surface area contributed by atoms with Crippen LogP contribution in [0.15, 0.2) is 48.1 Å². The van der Waals surface area contributed by atoms with E-state index in [0.717, 1.165) is 5.57 Å². The molecule has 1 heterocycles.